The molecule has 0 bridgehead atoms. The monoisotopic (exact) mass is 581 g/mol. The lowest BCUT2D eigenvalue weighted by molar-refractivity contribution is -0.140. The number of ether oxygens (including phenoxy) is 2. The second-order valence-electron chi connectivity index (χ2n) is 10.7. The first-order valence-corrected chi connectivity index (χ1v) is 14.7. The molecule has 0 heterocycles. The molecular formula is C31H39N3O6S. The molecule has 0 aliphatic rings. The third-order valence-electron chi connectivity index (χ3n) is 6.55. The molecule has 2 amide bonds. The van der Waals surface area contributed by atoms with Crippen LogP contribution in [0.15, 0.2) is 77.7 Å². The summed E-state index contributed by atoms with van der Waals surface area (Å²) in [6.07, 6.45) is 0. The number of para-hydroxylation sites is 2. The Morgan fingerprint density at radius 2 is 1.51 bits per heavy atom. The Bertz CT molecular complexity index is 1470. The smallest absolute Gasteiger partial charge is 0.264 e. The molecule has 0 aliphatic carbocycles. The summed E-state index contributed by atoms with van der Waals surface area (Å²) >= 11 is 0. The van der Waals surface area contributed by atoms with Crippen LogP contribution in [0.3, 0.4) is 0 Å². The van der Waals surface area contributed by atoms with Crippen molar-refractivity contribution in [3.63, 3.8) is 0 Å². The normalized spacial score (nSPS) is 12.3. The highest BCUT2D eigenvalue weighted by molar-refractivity contribution is 7.92. The Labute approximate surface area is 243 Å². The topological polar surface area (TPSA) is 105 Å². The molecule has 0 unspecified atom stereocenters. The summed E-state index contributed by atoms with van der Waals surface area (Å²) in [6, 6.07) is 19.2. The van der Waals surface area contributed by atoms with E-state index in [4.69, 9.17) is 9.47 Å². The summed E-state index contributed by atoms with van der Waals surface area (Å²) in [5.41, 5.74) is 1.46. The standard InChI is InChI=1S/C31H39N3O6S/c1-22-12-8-9-13-24(22)20-33(23(2)30(36)32-31(3,4)5)29(35)21-34(27-14-10-11-15-28(27)40-7)41(37,38)26-18-16-25(39-6)17-19-26/h8-19,23H,20-21H2,1-7H3,(H,32,36)/t23-/m0/s1. The number of sulfonamides is 1. The van der Waals surface area contributed by atoms with Gasteiger partial charge >= 0.3 is 0 Å². The van der Waals surface area contributed by atoms with Crippen molar-refractivity contribution in [2.75, 3.05) is 25.1 Å². The summed E-state index contributed by atoms with van der Waals surface area (Å²) in [7, 11) is -1.32. The molecule has 0 saturated carbocycles. The average molecular weight is 582 g/mol. The van der Waals surface area contributed by atoms with Gasteiger partial charge < -0.3 is 19.7 Å². The molecule has 3 aromatic carbocycles. The molecule has 0 radical (unpaired) electrons. The summed E-state index contributed by atoms with van der Waals surface area (Å²) in [5, 5.41) is 2.93. The van der Waals surface area contributed by atoms with Crippen molar-refractivity contribution in [1.29, 1.82) is 0 Å². The number of methoxy groups -OCH3 is 2. The summed E-state index contributed by atoms with van der Waals surface area (Å²) in [6.45, 7) is 8.69. The number of benzene rings is 3. The number of anilines is 1. The number of nitrogens with zero attached hydrogens (tertiary/aromatic N) is 2. The lowest BCUT2D eigenvalue weighted by Gasteiger charge is -2.34. The fourth-order valence-corrected chi connectivity index (χ4v) is 5.68. The van der Waals surface area contributed by atoms with Gasteiger partial charge in [-0.1, -0.05) is 36.4 Å². The number of carbonyl (C=O) groups is 2. The van der Waals surface area contributed by atoms with Crippen molar-refractivity contribution in [3.8, 4) is 11.5 Å². The van der Waals surface area contributed by atoms with E-state index in [-0.39, 0.29) is 28.8 Å². The largest absolute Gasteiger partial charge is 0.497 e. The number of hydrogen-bond donors (Lipinski definition) is 1. The minimum Gasteiger partial charge on any atom is -0.497 e. The first-order valence-electron chi connectivity index (χ1n) is 13.2. The molecule has 0 aliphatic heterocycles. The van der Waals surface area contributed by atoms with Gasteiger partial charge in [-0.2, -0.15) is 0 Å². The number of rotatable bonds is 11. The fourth-order valence-electron chi connectivity index (χ4n) is 4.25. The van der Waals surface area contributed by atoms with Crippen molar-refractivity contribution >= 4 is 27.5 Å². The van der Waals surface area contributed by atoms with Crippen LogP contribution in [0.5, 0.6) is 11.5 Å². The molecule has 1 atom stereocenters. The zero-order valence-electron chi connectivity index (χ0n) is 24.7. The van der Waals surface area contributed by atoms with Crippen LogP contribution in [0.4, 0.5) is 5.69 Å². The molecule has 0 saturated heterocycles. The summed E-state index contributed by atoms with van der Waals surface area (Å²) < 4.78 is 39.8. The van der Waals surface area contributed by atoms with Gasteiger partial charge in [0, 0.05) is 12.1 Å². The van der Waals surface area contributed by atoms with Gasteiger partial charge in [-0.05, 0) is 82.1 Å². The molecule has 3 rings (SSSR count). The maximum absolute atomic E-state index is 14.1. The Morgan fingerprint density at radius 3 is 2.10 bits per heavy atom. The second-order valence-corrected chi connectivity index (χ2v) is 12.6. The van der Waals surface area contributed by atoms with E-state index in [1.165, 1.54) is 31.3 Å². The van der Waals surface area contributed by atoms with Gasteiger partial charge in [-0.25, -0.2) is 8.42 Å². The average Bonchev–Trinajstić information content (AvgIpc) is 2.94. The zero-order valence-corrected chi connectivity index (χ0v) is 25.5. The Balaban J connectivity index is 2.09. The van der Waals surface area contributed by atoms with E-state index in [1.54, 1.807) is 43.3 Å². The molecule has 0 fully saturated rings. The Morgan fingerprint density at radius 1 is 0.902 bits per heavy atom. The van der Waals surface area contributed by atoms with Crippen LogP contribution >= 0.6 is 0 Å². The van der Waals surface area contributed by atoms with Crippen molar-refractivity contribution in [2.24, 2.45) is 0 Å². The van der Waals surface area contributed by atoms with Crippen LogP contribution in [0.25, 0.3) is 0 Å². The van der Waals surface area contributed by atoms with Crippen molar-refractivity contribution < 1.29 is 27.5 Å². The molecular weight excluding hydrogens is 542 g/mol. The first-order chi connectivity index (χ1) is 19.3. The van der Waals surface area contributed by atoms with Crippen LogP contribution < -0.4 is 19.1 Å². The Kier molecular flexibility index (Phi) is 10.0. The van der Waals surface area contributed by atoms with Crippen LogP contribution in [0, 0.1) is 6.92 Å². The first kappa shape index (κ1) is 31.5. The number of amides is 2. The van der Waals surface area contributed by atoms with Gasteiger partial charge in [-0.15, -0.1) is 0 Å². The highest BCUT2D eigenvalue weighted by Crippen LogP contribution is 2.33. The van der Waals surface area contributed by atoms with Gasteiger partial charge in [0.05, 0.1) is 24.8 Å². The summed E-state index contributed by atoms with van der Waals surface area (Å²) in [5.74, 6) is -0.123. The third kappa shape index (κ3) is 7.79. The summed E-state index contributed by atoms with van der Waals surface area (Å²) in [4.78, 5) is 28.7. The number of nitrogens with one attached hydrogen (secondary N) is 1. The molecule has 41 heavy (non-hydrogen) atoms. The van der Waals surface area contributed by atoms with Gasteiger partial charge in [0.25, 0.3) is 10.0 Å². The van der Waals surface area contributed by atoms with E-state index in [0.717, 1.165) is 15.4 Å². The van der Waals surface area contributed by atoms with Gasteiger partial charge in [0.1, 0.15) is 24.1 Å². The van der Waals surface area contributed by atoms with Gasteiger partial charge in [-0.3, -0.25) is 13.9 Å². The lowest BCUT2D eigenvalue weighted by atomic mass is 10.1. The van der Waals surface area contributed by atoms with Gasteiger partial charge in [0.2, 0.25) is 11.8 Å². The molecule has 3 aromatic rings. The van der Waals surface area contributed by atoms with Crippen LogP contribution in [0.1, 0.15) is 38.8 Å². The van der Waals surface area contributed by atoms with Crippen LogP contribution in [0.2, 0.25) is 0 Å². The number of carbonyl (C=O) groups excluding carboxylic acids is 2. The quantitative estimate of drug-likeness (QED) is 0.357. The molecule has 1 N–H and O–H groups in total. The lowest BCUT2D eigenvalue weighted by Crippen LogP contribution is -2.54. The van der Waals surface area contributed by atoms with Gasteiger partial charge in [0.15, 0.2) is 0 Å². The molecule has 0 spiro atoms. The highest BCUT2D eigenvalue weighted by atomic mass is 32.2. The number of hydrogen-bond acceptors (Lipinski definition) is 6. The molecule has 9 nitrogen and oxygen atoms in total. The fraction of sp³-hybridized carbons (Fsp3) is 0.355. The maximum Gasteiger partial charge on any atom is 0.264 e. The van der Waals surface area contributed by atoms with E-state index in [1.807, 2.05) is 52.0 Å². The predicted molar refractivity (Wildman–Crippen MR) is 160 cm³/mol. The van der Waals surface area contributed by atoms with Crippen molar-refractivity contribution in [3.05, 3.63) is 83.9 Å². The molecule has 0 aromatic heterocycles. The Hall–Kier alpha value is -4.05. The highest BCUT2D eigenvalue weighted by Gasteiger charge is 2.34. The van der Waals surface area contributed by atoms with E-state index < -0.39 is 34.1 Å². The zero-order chi connectivity index (χ0) is 30.4. The van der Waals surface area contributed by atoms with E-state index in [0.29, 0.717) is 5.75 Å². The van der Waals surface area contributed by atoms with Crippen LogP contribution in [-0.2, 0) is 26.2 Å². The second kappa shape index (κ2) is 13.1. The SMILES string of the molecule is COc1ccc(S(=O)(=O)N(CC(=O)N(Cc2ccccc2C)[C@@H](C)C(=O)NC(C)(C)C)c2ccccc2OC)cc1. The van der Waals surface area contributed by atoms with Crippen LogP contribution in [-0.4, -0.2) is 57.5 Å². The minimum absolute atomic E-state index is 0.0269. The number of aryl methyl sites for hydroxylation is 1. The minimum atomic E-state index is -4.25. The molecule has 220 valence electrons. The maximum atomic E-state index is 14.1. The van der Waals surface area contributed by atoms with Crippen molar-refractivity contribution in [2.45, 2.75) is 57.6 Å². The molecule has 10 heteroatoms. The van der Waals surface area contributed by atoms with Crippen molar-refractivity contribution in [1.82, 2.24) is 10.2 Å². The predicted octanol–water partition coefficient (Wildman–Crippen LogP) is 4.54. The third-order valence-corrected chi connectivity index (χ3v) is 8.32. The van der Waals surface area contributed by atoms with E-state index in [2.05, 4.69) is 5.32 Å². The van der Waals surface area contributed by atoms with E-state index >= 15 is 0 Å². The van der Waals surface area contributed by atoms with E-state index in [9.17, 15) is 18.0 Å².